The van der Waals surface area contributed by atoms with Gasteiger partial charge < -0.3 is 10.1 Å². The molecule has 0 bridgehead atoms. The van der Waals surface area contributed by atoms with Crippen LogP contribution >= 0.6 is 0 Å². The monoisotopic (exact) mass is 327 g/mol. The van der Waals surface area contributed by atoms with Gasteiger partial charge in [0, 0.05) is 19.5 Å². The molecule has 0 radical (unpaired) electrons. The Labute approximate surface area is 139 Å². The number of methoxy groups -OCH3 is 1. The summed E-state index contributed by atoms with van der Waals surface area (Å²) >= 11 is 0. The summed E-state index contributed by atoms with van der Waals surface area (Å²) in [7, 11) is 3.56. The van der Waals surface area contributed by atoms with Crippen LogP contribution in [0.2, 0.25) is 0 Å². The Kier molecular flexibility index (Phi) is 3.59. The van der Waals surface area contributed by atoms with Gasteiger partial charge >= 0.3 is 0 Å². The number of rotatable bonds is 6. The van der Waals surface area contributed by atoms with E-state index in [0.717, 1.165) is 40.8 Å². The van der Waals surface area contributed by atoms with Crippen LogP contribution in [0.25, 0.3) is 5.65 Å². The summed E-state index contributed by atoms with van der Waals surface area (Å²) in [4.78, 5) is 0. The van der Waals surface area contributed by atoms with Crippen LogP contribution in [-0.4, -0.2) is 36.7 Å². The molecule has 126 valence electrons. The molecule has 0 amide bonds. The van der Waals surface area contributed by atoms with E-state index in [2.05, 4.69) is 32.6 Å². The summed E-state index contributed by atoms with van der Waals surface area (Å²) in [6.45, 7) is 2.70. The van der Waals surface area contributed by atoms with Crippen LogP contribution in [0.5, 0.6) is 5.88 Å². The lowest BCUT2D eigenvalue weighted by Gasteiger charge is -2.08. The van der Waals surface area contributed by atoms with E-state index < -0.39 is 0 Å². The molecular formula is C16H21N7O. The highest BCUT2D eigenvalue weighted by Crippen LogP contribution is 2.38. The van der Waals surface area contributed by atoms with Gasteiger partial charge in [-0.2, -0.15) is 9.61 Å². The molecule has 3 aromatic rings. The molecule has 1 aliphatic carbocycles. The normalized spacial score (nSPS) is 14.3. The number of hydrogen-bond donors (Lipinski definition) is 1. The summed E-state index contributed by atoms with van der Waals surface area (Å²) in [5.41, 5.74) is 2.89. The molecule has 1 fully saturated rings. The topological polar surface area (TPSA) is 82.2 Å². The van der Waals surface area contributed by atoms with Gasteiger partial charge in [0.15, 0.2) is 11.5 Å². The predicted molar refractivity (Wildman–Crippen MR) is 89.2 cm³/mol. The predicted octanol–water partition coefficient (Wildman–Crippen LogP) is 1.92. The Morgan fingerprint density at radius 3 is 2.79 bits per heavy atom. The van der Waals surface area contributed by atoms with Crippen LogP contribution in [0.4, 0.5) is 5.82 Å². The van der Waals surface area contributed by atoms with Crippen molar-refractivity contribution in [2.24, 2.45) is 7.05 Å². The Bertz CT molecular complexity index is 878. The molecule has 1 aliphatic rings. The fraction of sp³-hybridized carbons (Fsp3) is 0.500. The zero-order valence-electron chi connectivity index (χ0n) is 14.2. The fourth-order valence-corrected chi connectivity index (χ4v) is 3.00. The van der Waals surface area contributed by atoms with Crippen LogP contribution in [0.15, 0.2) is 12.1 Å². The van der Waals surface area contributed by atoms with Crippen molar-refractivity contribution in [3.05, 3.63) is 29.2 Å². The maximum Gasteiger partial charge on any atom is 0.216 e. The number of ether oxygens (including phenoxy) is 1. The Hall–Kier alpha value is -2.64. The second-order valence-electron chi connectivity index (χ2n) is 6.09. The van der Waals surface area contributed by atoms with Crippen molar-refractivity contribution in [1.82, 2.24) is 29.6 Å². The number of nitrogens with zero attached hydrogens (tertiary/aromatic N) is 6. The van der Waals surface area contributed by atoms with Gasteiger partial charge in [0.05, 0.1) is 18.4 Å². The molecule has 4 rings (SSSR count). The standard InChI is InChI=1S/C16H21N7O/c1-4-12-11(16(24-3)22(2)20-12)9-17-13-7-8-14-18-19-15(10-5-6-10)23(14)21-13/h7-8,10H,4-6,9H2,1-3H3,(H,17,21). The van der Waals surface area contributed by atoms with Crippen molar-refractivity contribution < 1.29 is 4.74 Å². The molecule has 8 nitrogen and oxygen atoms in total. The Morgan fingerprint density at radius 1 is 1.25 bits per heavy atom. The van der Waals surface area contributed by atoms with Gasteiger partial charge in [0.2, 0.25) is 5.88 Å². The molecule has 0 saturated heterocycles. The second-order valence-corrected chi connectivity index (χ2v) is 6.09. The number of anilines is 1. The molecule has 8 heteroatoms. The van der Waals surface area contributed by atoms with Gasteiger partial charge in [-0.05, 0) is 31.4 Å². The van der Waals surface area contributed by atoms with E-state index in [1.54, 1.807) is 11.8 Å². The summed E-state index contributed by atoms with van der Waals surface area (Å²) in [5.74, 6) is 3.04. The van der Waals surface area contributed by atoms with E-state index >= 15 is 0 Å². The summed E-state index contributed by atoms with van der Waals surface area (Å²) < 4.78 is 9.10. The molecule has 0 aliphatic heterocycles. The average Bonchev–Trinajstić information content (AvgIpc) is 3.27. The maximum atomic E-state index is 5.48. The third kappa shape index (κ3) is 2.47. The highest BCUT2D eigenvalue weighted by atomic mass is 16.5. The minimum absolute atomic E-state index is 0.507. The van der Waals surface area contributed by atoms with Crippen LogP contribution < -0.4 is 10.1 Å². The molecule has 3 aromatic heterocycles. The van der Waals surface area contributed by atoms with Crippen molar-refractivity contribution in [2.45, 2.75) is 38.6 Å². The lowest BCUT2D eigenvalue weighted by atomic mass is 10.2. The van der Waals surface area contributed by atoms with Crippen molar-refractivity contribution in [2.75, 3.05) is 12.4 Å². The van der Waals surface area contributed by atoms with Crippen molar-refractivity contribution in [1.29, 1.82) is 0 Å². The van der Waals surface area contributed by atoms with Crippen molar-refractivity contribution >= 4 is 11.5 Å². The largest absolute Gasteiger partial charge is 0.481 e. The first-order valence-electron chi connectivity index (χ1n) is 8.26. The number of fused-ring (bicyclic) bond motifs is 1. The minimum atomic E-state index is 0.507. The highest BCUT2D eigenvalue weighted by Gasteiger charge is 2.29. The molecule has 1 saturated carbocycles. The van der Waals surface area contributed by atoms with Crippen molar-refractivity contribution in [3.63, 3.8) is 0 Å². The first-order valence-corrected chi connectivity index (χ1v) is 8.26. The summed E-state index contributed by atoms with van der Waals surface area (Å²) in [5, 5.41) is 21.0. The lowest BCUT2D eigenvalue weighted by molar-refractivity contribution is 0.369. The van der Waals surface area contributed by atoms with Gasteiger partial charge in [-0.15, -0.1) is 15.3 Å². The van der Waals surface area contributed by atoms with E-state index in [0.29, 0.717) is 12.5 Å². The van der Waals surface area contributed by atoms with E-state index in [1.165, 1.54) is 12.8 Å². The minimum Gasteiger partial charge on any atom is -0.481 e. The van der Waals surface area contributed by atoms with Crippen molar-refractivity contribution in [3.8, 4) is 5.88 Å². The first-order chi connectivity index (χ1) is 11.7. The molecular weight excluding hydrogens is 306 g/mol. The van der Waals surface area contributed by atoms with Gasteiger partial charge in [-0.3, -0.25) is 0 Å². The van der Waals surface area contributed by atoms with E-state index in [-0.39, 0.29) is 0 Å². The highest BCUT2D eigenvalue weighted by molar-refractivity contribution is 5.45. The van der Waals surface area contributed by atoms with E-state index in [4.69, 9.17) is 4.74 Å². The quantitative estimate of drug-likeness (QED) is 0.745. The molecule has 3 heterocycles. The van der Waals surface area contributed by atoms with Gasteiger partial charge in [-0.1, -0.05) is 6.92 Å². The molecule has 0 aromatic carbocycles. The molecule has 0 unspecified atom stereocenters. The van der Waals surface area contributed by atoms with Crippen LogP contribution in [-0.2, 0) is 20.0 Å². The maximum absolute atomic E-state index is 5.48. The van der Waals surface area contributed by atoms with Gasteiger partial charge in [0.25, 0.3) is 0 Å². The average molecular weight is 327 g/mol. The van der Waals surface area contributed by atoms with Gasteiger partial charge in [0.1, 0.15) is 5.82 Å². The van der Waals surface area contributed by atoms with Crippen LogP contribution in [0, 0.1) is 0 Å². The van der Waals surface area contributed by atoms with Crippen LogP contribution in [0.3, 0.4) is 0 Å². The number of hydrogen-bond acceptors (Lipinski definition) is 6. The molecule has 24 heavy (non-hydrogen) atoms. The molecule has 1 N–H and O–H groups in total. The number of nitrogens with one attached hydrogen (secondary N) is 1. The third-order valence-corrected chi connectivity index (χ3v) is 4.38. The summed E-state index contributed by atoms with van der Waals surface area (Å²) in [6, 6.07) is 3.87. The number of aryl methyl sites for hydroxylation is 2. The zero-order chi connectivity index (χ0) is 16.7. The second kappa shape index (κ2) is 5.77. The SMILES string of the molecule is CCc1nn(C)c(OC)c1CNc1ccc2nnc(C3CC3)n2n1. The third-order valence-electron chi connectivity index (χ3n) is 4.38. The van der Waals surface area contributed by atoms with E-state index in [1.807, 2.05) is 23.7 Å². The Balaban J connectivity index is 1.60. The Morgan fingerprint density at radius 2 is 2.08 bits per heavy atom. The number of aromatic nitrogens is 6. The lowest BCUT2D eigenvalue weighted by Crippen LogP contribution is -2.07. The van der Waals surface area contributed by atoms with E-state index in [9.17, 15) is 0 Å². The zero-order valence-corrected chi connectivity index (χ0v) is 14.2. The smallest absolute Gasteiger partial charge is 0.216 e. The summed E-state index contributed by atoms with van der Waals surface area (Å²) in [6.07, 6.45) is 3.21. The molecule has 0 atom stereocenters. The van der Waals surface area contributed by atoms with Gasteiger partial charge in [-0.25, -0.2) is 4.68 Å². The molecule has 0 spiro atoms. The first kappa shape index (κ1) is 14.9. The fourth-order valence-electron chi connectivity index (χ4n) is 3.00. The van der Waals surface area contributed by atoms with Crippen LogP contribution in [0.1, 0.15) is 42.8 Å².